The van der Waals surface area contributed by atoms with Crippen LogP contribution < -0.4 is 0 Å². The SMILES string of the molecule is Cc1ccccc1-c1cccc(C2CO2)c1. The highest BCUT2D eigenvalue weighted by atomic mass is 16.6. The summed E-state index contributed by atoms with van der Waals surface area (Å²) in [6, 6.07) is 17.1. The number of hydrogen-bond donors (Lipinski definition) is 0. The van der Waals surface area contributed by atoms with Gasteiger partial charge in [-0.05, 0) is 35.2 Å². The fraction of sp³-hybridized carbons (Fsp3) is 0.200. The summed E-state index contributed by atoms with van der Waals surface area (Å²) in [4.78, 5) is 0. The predicted octanol–water partition coefficient (Wildman–Crippen LogP) is 3.73. The van der Waals surface area contributed by atoms with Crippen molar-refractivity contribution in [3.8, 4) is 11.1 Å². The van der Waals surface area contributed by atoms with Crippen LogP contribution in [0.15, 0.2) is 48.5 Å². The molecule has 80 valence electrons. The van der Waals surface area contributed by atoms with Gasteiger partial charge in [-0.3, -0.25) is 0 Å². The van der Waals surface area contributed by atoms with Crippen molar-refractivity contribution in [2.45, 2.75) is 13.0 Å². The van der Waals surface area contributed by atoms with Crippen LogP contribution in [0.1, 0.15) is 17.2 Å². The van der Waals surface area contributed by atoms with Crippen molar-refractivity contribution < 1.29 is 4.74 Å². The number of benzene rings is 2. The molecule has 0 aromatic heterocycles. The second kappa shape index (κ2) is 3.76. The van der Waals surface area contributed by atoms with Crippen LogP contribution in [-0.2, 0) is 4.74 Å². The molecule has 0 N–H and O–H groups in total. The van der Waals surface area contributed by atoms with Gasteiger partial charge < -0.3 is 4.74 Å². The van der Waals surface area contributed by atoms with Crippen molar-refractivity contribution >= 4 is 0 Å². The molecule has 1 fully saturated rings. The van der Waals surface area contributed by atoms with E-state index in [1.165, 1.54) is 22.3 Å². The number of rotatable bonds is 2. The van der Waals surface area contributed by atoms with Gasteiger partial charge in [0.05, 0.1) is 6.61 Å². The number of hydrogen-bond acceptors (Lipinski definition) is 1. The van der Waals surface area contributed by atoms with E-state index in [4.69, 9.17) is 4.74 Å². The number of ether oxygens (including phenoxy) is 1. The Bertz CT molecular complexity index is 512. The molecule has 1 nitrogen and oxygen atoms in total. The molecule has 1 saturated heterocycles. The van der Waals surface area contributed by atoms with Crippen molar-refractivity contribution in [2.24, 2.45) is 0 Å². The highest BCUT2D eigenvalue weighted by Gasteiger charge is 2.24. The molecule has 0 spiro atoms. The highest BCUT2D eigenvalue weighted by Crippen LogP contribution is 2.33. The molecule has 2 aromatic rings. The van der Waals surface area contributed by atoms with Gasteiger partial charge in [-0.1, -0.05) is 42.5 Å². The Morgan fingerprint density at radius 1 is 1.06 bits per heavy atom. The molecule has 0 saturated carbocycles. The lowest BCUT2D eigenvalue weighted by atomic mass is 9.98. The summed E-state index contributed by atoms with van der Waals surface area (Å²) in [5, 5.41) is 0. The maximum absolute atomic E-state index is 5.32. The monoisotopic (exact) mass is 210 g/mol. The third kappa shape index (κ3) is 1.74. The lowest BCUT2D eigenvalue weighted by molar-refractivity contribution is 0.415. The van der Waals surface area contributed by atoms with Gasteiger partial charge in [-0.15, -0.1) is 0 Å². The zero-order chi connectivity index (χ0) is 11.0. The van der Waals surface area contributed by atoms with Crippen molar-refractivity contribution in [3.05, 3.63) is 59.7 Å². The zero-order valence-corrected chi connectivity index (χ0v) is 9.31. The first-order chi connectivity index (χ1) is 7.84. The topological polar surface area (TPSA) is 12.5 Å². The van der Waals surface area contributed by atoms with Gasteiger partial charge in [0.2, 0.25) is 0 Å². The van der Waals surface area contributed by atoms with Crippen LogP contribution in [0.25, 0.3) is 11.1 Å². The smallest absolute Gasteiger partial charge is 0.106 e. The lowest BCUT2D eigenvalue weighted by Crippen LogP contribution is -1.85. The molecule has 0 bridgehead atoms. The van der Waals surface area contributed by atoms with Gasteiger partial charge >= 0.3 is 0 Å². The molecular formula is C15H14O. The van der Waals surface area contributed by atoms with Crippen LogP contribution in [0.5, 0.6) is 0 Å². The molecule has 2 aromatic carbocycles. The van der Waals surface area contributed by atoms with Crippen LogP contribution in [-0.4, -0.2) is 6.61 Å². The van der Waals surface area contributed by atoms with E-state index in [0.717, 1.165) is 6.61 Å². The third-order valence-corrected chi connectivity index (χ3v) is 3.05. The molecule has 1 heterocycles. The Morgan fingerprint density at radius 2 is 1.88 bits per heavy atom. The Labute approximate surface area is 95.7 Å². The van der Waals surface area contributed by atoms with E-state index in [-0.39, 0.29) is 0 Å². The van der Waals surface area contributed by atoms with Gasteiger partial charge in [0.15, 0.2) is 0 Å². The molecule has 1 unspecified atom stereocenters. The van der Waals surface area contributed by atoms with E-state index in [1.807, 2.05) is 0 Å². The van der Waals surface area contributed by atoms with Gasteiger partial charge in [0, 0.05) is 0 Å². The van der Waals surface area contributed by atoms with E-state index < -0.39 is 0 Å². The summed E-state index contributed by atoms with van der Waals surface area (Å²) in [7, 11) is 0. The quantitative estimate of drug-likeness (QED) is 0.688. The summed E-state index contributed by atoms with van der Waals surface area (Å²) >= 11 is 0. The zero-order valence-electron chi connectivity index (χ0n) is 9.31. The fourth-order valence-electron chi connectivity index (χ4n) is 2.04. The molecule has 1 heteroatoms. The highest BCUT2D eigenvalue weighted by molar-refractivity contribution is 5.67. The minimum absolute atomic E-state index is 0.337. The van der Waals surface area contributed by atoms with Crippen molar-refractivity contribution in [1.29, 1.82) is 0 Å². The maximum Gasteiger partial charge on any atom is 0.106 e. The first kappa shape index (κ1) is 9.61. The number of aryl methyl sites for hydroxylation is 1. The van der Waals surface area contributed by atoms with Crippen LogP contribution in [0.2, 0.25) is 0 Å². The Hall–Kier alpha value is -1.60. The summed E-state index contributed by atoms with van der Waals surface area (Å²) in [6.45, 7) is 3.02. The minimum Gasteiger partial charge on any atom is -0.368 e. The molecule has 0 radical (unpaired) electrons. The predicted molar refractivity (Wildman–Crippen MR) is 65.3 cm³/mol. The summed E-state index contributed by atoms with van der Waals surface area (Å²) < 4.78 is 5.32. The van der Waals surface area contributed by atoms with Gasteiger partial charge in [-0.25, -0.2) is 0 Å². The van der Waals surface area contributed by atoms with E-state index in [0.29, 0.717) is 6.10 Å². The summed E-state index contributed by atoms with van der Waals surface area (Å²) in [6.07, 6.45) is 0.337. The Morgan fingerprint density at radius 3 is 2.62 bits per heavy atom. The molecule has 0 aliphatic carbocycles. The summed E-state index contributed by atoms with van der Waals surface area (Å²) in [5.41, 5.74) is 5.20. The standard InChI is InChI=1S/C15H14O/c1-11-5-2-3-8-14(11)12-6-4-7-13(9-12)15-10-16-15/h2-9,15H,10H2,1H3. The second-order valence-corrected chi connectivity index (χ2v) is 4.26. The van der Waals surface area contributed by atoms with Gasteiger partial charge in [0.1, 0.15) is 6.10 Å². The molecule has 16 heavy (non-hydrogen) atoms. The van der Waals surface area contributed by atoms with Crippen LogP contribution in [0, 0.1) is 6.92 Å². The molecule has 1 atom stereocenters. The third-order valence-electron chi connectivity index (χ3n) is 3.05. The largest absolute Gasteiger partial charge is 0.368 e. The Balaban J connectivity index is 2.05. The van der Waals surface area contributed by atoms with E-state index in [9.17, 15) is 0 Å². The maximum atomic E-state index is 5.32. The van der Waals surface area contributed by atoms with Crippen molar-refractivity contribution in [2.75, 3.05) is 6.61 Å². The van der Waals surface area contributed by atoms with E-state index >= 15 is 0 Å². The van der Waals surface area contributed by atoms with Gasteiger partial charge in [-0.2, -0.15) is 0 Å². The van der Waals surface area contributed by atoms with E-state index in [2.05, 4.69) is 55.5 Å². The lowest BCUT2D eigenvalue weighted by Gasteiger charge is -2.06. The van der Waals surface area contributed by atoms with Crippen molar-refractivity contribution in [3.63, 3.8) is 0 Å². The van der Waals surface area contributed by atoms with Crippen LogP contribution >= 0.6 is 0 Å². The average Bonchev–Trinajstić information content (AvgIpc) is 3.14. The molecule has 1 aliphatic rings. The van der Waals surface area contributed by atoms with Crippen LogP contribution in [0.3, 0.4) is 0 Å². The Kier molecular flexibility index (Phi) is 2.26. The molecule has 3 rings (SSSR count). The first-order valence-electron chi connectivity index (χ1n) is 5.62. The second-order valence-electron chi connectivity index (χ2n) is 4.26. The average molecular weight is 210 g/mol. The summed E-state index contributed by atoms with van der Waals surface area (Å²) in [5.74, 6) is 0. The first-order valence-corrected chi connectivity index (χ1v) is 5.62. The van der Waals surface area contributed by atoms with E-state index in [1.54, 1.807) is 0 Å². The molecular weight excluding hydrogens is 196 g/mol. The minimum atomic E-state index is 0.337. The van der Waals surface area contributed by atoms with Crippen molar-refractivity contribution in [1.82, 2.24) is 0 Å². The van der Waals surface area contributed by atoms with Crippen LogP contribution in [0.4, 0.5) is 0 Å². The number of epoxide rings is 1. The fourth-order valence-corrected chi connectivity index (χ4v) is 2.04. The van der Waals surface area contributed by atoms with Gasteiger partial charge in [0.25, 0.3) is 0 Å². The molecule has 1 aliphatic heterocycles. The molecule has 0 amide bonds. The normalized spacial score (nSPS) is 18.4.